The number of benzene rings is 1. The molecule has 1 amide bonds. The van der Waals surface area contributed by atoms with Crippen LogP contribution in [0.25, 0.3) is 0 Å². The van der Waals surface area contributed by atoms with E-state index in [4.69, 9.17) is 10.5 Å². The van der Waals surface area contributed by atoms with Crippen LogP contribution in [0, 0.1) is 5.92 Å². The van der Waals surface area contributed by atoms with Crippen molar-refractivity contribution in [2.45, 2.75) is 18.4 Å². The minimum absolute atomic E-state index is 0.285. The molecule has 1 atom stereocenters. The summed E-state index contributed by atoms with van der Waals surface area (Å²) in [6.07, 6.45) is 2.06. The molecule has 1 fully saturated rings. The van der Waals surface area contributed by atoms with Gasteiger partial charge in [-0.05, 0) is 37.9 Å². The number of para-hydroxylation sites is 1. The first-order valence-electron chi connectivity index (χ1n) is 5.86. The Hall–Kier alpha value is -1.55. The van der Waals surface area contributed by atoms with Gasteiger partial charge < -0.3 is 15.8 Å². The van der Waals surface area contributed by atoms with Crippen LogP contribution in [-0.2, 0) is 4.79 Å². The van der Waals surface area contributed by atoms with E-state index in [1.54, 1.807) is 7.05 Å². The zero-order valence-corrected chi connectivity index (χ0v) is 9.98. The van der Waals surface area contributed by atoms with Crippen LogP contribution in [0.2, 0.25) is 0 Å². The zero-order chi connectivity index (χ0) is 12.3. The summed E-state index contributed by atoms with van der Waals surface area (Å²) in [6.45, 7) is 0.285. The van der Waals surface area contributed by atoms with Gasteiger partial charge in [0, 0.05) is 0 Å². The van der Waals surface area contributed by atoms with E-state index in [9.17, 15) is 4.79 Å². The number of carbonyl (C=O) groups excluding carboxylic acids is 1. The summed E-state index contributed by atoms with van der Waals surface area (Å²) in [5.74, 6) is 0.723. The van der Waals surface area contributed by atoms with E-state index in [1.807, 2.05) is 30.3 Å². The van der Waals surface area contributed by atoms with Gasteiger partial charge in [0.25, 0.3) is 0 Å². The summed E-state index contributed by atoms with van der Waals surface area (Å²) in [5, 5.41) is 3.05. The van der Waals surface area contributed by atoms with Gasteiger partial charge in [0.1, 0.15) is 17.9 Å². The van der Waals surface area contributed by atoms with Crippen LogP contribution in [0.15, 0.2) is 30.3 Å². The molecular weight excluding hydrogens is 216 g/mol. The summed E-state index contributed by atoms with van der Waals surface area (Å²) in [7, 11) is 1.76. The van der Waals surface area contributed by atoms with Gasteiger partial charge in [0.2, 0.25) is 5.91 Å². The molecule has 17 heavy (non-hydrogen) atoms. The number of ether oxygens (including phenoxy) is 1. The summed E-state index contributed by atoms with van der Waals surface area (Å²) in [6, 6.07) is 9.46. The highest BCUT2D eigenvalue weighted by atomic mass is 16.5. The monoisotopic (exact) mass is 234 g/mol. The number of hydrogen-bond donors (Lipinski definition) is 2. The number of carbonyl (C=O) groups is 1. The van der Waals surface area contributed by atoms with Crippen molar-refractivity contribution < 1.29 is 9.53 Å². The van der Waals surface area contributed by atoms with Crippen molar-refractivity contribution in [3.63, 3.8) is 0 Å². The third kappa shape index (κ3) is 2.42. The first-order chi connectivity index (χ1) is 8.19. The Bertz CT molecular complexity index is 390. The van der Waals surface area contributed by atoms with Gasteiger partial charge in [-0.3, -0.25) is 4.79 Å². The van der Waals surface area contributed by atoms with Crippen LogP contribution in [0.3, 0.4) is 0 Å². The molecule has 0 heterocycles. The van der Waals surface area contributed by atoms with Gasteiger partial charge in [-0.25, -0.2) is 0 Å². The standard InChI is InChI=1S/C13H18N2O2/c1-15-13(12(14)16,10-7-8-10)9-17-11-5-3-2-4-6-11/h2-6,10,15H,7-9H2,1H3,(H2,14,16). The molecule has 0 aromatic heterocycles. The van der Waals surface area contributed by atoms with E-state index in [-0.39, 0.29) is 12.5 Å². The quantitative estimate of drug-likeness (QED) is 0.769. The Kier molecular flexibility index (Phi) is 3.33. The fourth-order valence-corrected chi connectivity index (χ4v) is 2.08. The van der Waals surface area contributed by atoms with Gasteiger partial charge in [-0.1, -0.05) is 18.2 Å². The van der Waals surface area contributed by atoms with Crippen LogP contribution in [0.5, 0.6) is 5.75 Å². The van der Waals surface area contributed by atoms with E-state index in [0.717, 1.165) is 18.6 Å². The van der Waals surface area contributed by atoms with E-state index >= 15 is 0 Å². The van der Waals surface area contributed by atoms with Crippen LogP contribution < -0.4 is 15.8 Å². The molecule has 2 rings (SSSR count). The molecule has 1 unspecified atom stereocenters. The van der Waals surface area contributed by atoms with Gasteiger partial charge >= 0.3 is 0 Å². The molecule has 0 radical (unpaired) electrons. The molecule has 3 N–H and O–H groups in total. The second-order valence-corrected chi connectivity index (χ2v) is 4.46. The third-order valence-corrected chi connectivity index (χ3v) is 3.37. The Morgan fingerprint density at radius 1 is 1.47 bits per heavy atom. The van der Waals surface area contributed by atoms with Crippen molar-refractivity contribution in [3.05, 3.63) is 30.3 Å². The second-order valence-electron chi connectivity index (χ2n) is 4.46. The van der Waals surface area contributed by atoms with Crippen LogP contribution in [-0.4, -0.2) is 25.1 Å². The average molecular weight is 234 g/mol. The highest BCUT2D eigenvalue weighted by Crippen LogP contribution is 2.39. The lowest BCUT2D eigenvalue weighted by Gasteiger charge is -2.30. The number of nitrogens with one attached hydrogen (secondary N) is 1. The lowest BCUT2D eigenvalue weighted by molar-refractivity contribution is -0.126. The summed E-state index contributed by atoms with van der Waals surface area (Å²) >= 11 is 0. The second kappa shape index (κ2) is 4.75. The maximum Gasteiger partial charge on any atom is 0.241 e. The van der Waals surface area contributed by atoms with Crippen molar-refractivity contribution in [3.8, 4) is 5.75 Å². The number of likely N-dealkylation sites (N-methyl/N-ethyl adjacent to an activating group) is 1. The van der Waals surface area contributed by atoms with Gasteiger partial charge in [0.05, 0.1) is 0 Å². The van der Waals surface area contributed by atoms with E-state index < -0.39 is 5.54 Å². The van der Waals surface area contributed by atoms with Crippen LogP contribution in [0.4, 0.5) is 0 Å². The first kappa shape index (κ1) is 11.9. The smallest absolute Gasteiger partial charge is 0.241 e. The number of amides is 1. The SMILES string of the molecule is CNC(COc1ccccc1)(C(N)=O)C1CC1. The van der Waals surface area contributed by atoms with Crippen LogP contribution in [0.1, 0.15) is 12.8 Å². The molecule has 1 aliphatic rings. The molecule has 0 saturated heterocycles. The highest BCUT2D eigenvalue weighted by Gasteiger charge is 2.49. The maximum absolute atomic E-state index is 11.6. The zero-order valence-electron chi connectivity index (χ0n) is 9.98. The molecule has 0 bridgehead atoms. The summed E-state index contributed by atoms with van der Waals surface area (Å²) in [5.41, 5.74) is 4.78. The van der Waals surface area contributed by atoms with E-state index in [0.29, 0.717) is 5.92 Å². The Labute approximate surface area is 101 Å². The topological polar surface area (TPSA) is 64.3 Å². The van der Waals surface area contributed by atoms with Gasteiger partial charge in [0.15, 0.2) is 0 Å². The molecule has 1 aliphatic carbocycles. The molecule has 0 spiro atoms. The Morgan fingerprint density at radius 3 is 2.59 bits per heavy atom. The fraction of sp³-hybridized carbons (Fsp3) is 0.462. The number of primary amides is 1. The van der Waals surface area contributed by atoms with Gasteiger partial charge in [-0.2, -0.15) is 0 Å². The lowest BCUT2D eigenvalue weighted by atomic mass is 9.93. The Balaban J connectivity index is 2.06. The molecule has 4 heteroatoms. The van der Waals surface area contributed by atoms with Crippen molar-refractivity contribution in [1.29, 1.82) is 0 Å². The summed E-state index contributed by atoms with van der Waals surface area (Å²) in [4.78, 5) is 11.6. The molecule has 92 valence electrons. The maximum atomic E-state index is 11.6. The molecule has 0 aliphatic heterocycles. The normalized spacial score (nSPS) is 18.4. The molecule has 1 saturated carbocycles. The van der Waals surface area contributed by atoms with E-state index in [2.05, 4.69) is 5.32 Å². The third-order valence-electron chi connectivity index (χ3n) is 3.37. The highest BCUT2D eigenvalue weighted by molar-refractivity contribution is 5.85. The number of rotatable bonds is 6. The predicted octanol–water partition coefficient (Wildman–Crippen LogP) is 0.919. The lowest BCUT2D eigenvalue weighted by Crippen LogP contribution is -2.59. The van der Waals surface area contributed by atoms with Gasteiger partial charge in [-0.15, -0.1) is 0 Å². The fourth-order valence-electron chi connectivity index (χ4n) is 2.08. The minimum Gasteiger partial charge on any atom is -0.491 e. The van der Waals surface area contributed by atoms with Crippen molar-refractivity contribution >= 4 is 5.91 Å². The molecular formula is C13H18N2O2. The van der Waals surface area contributed by atoms with Crippen molar-refractivity contribution in [2.75, 3.05) is 13.7 Å². The first-order valence-corrected chi connectivity index (χ1v) is 5.86. The molecule has 1 aromatic rings. The van der Waals surface area contributed by atoms with E-state index in [1.165, 1.54) is 0 Å². The number of hydrogen-bond acceptors (Lipinski definition) is 3. The molecule has 4 nitrogen and oxygen atoms in total. The number of nitrogens with two attached hydrogens (primary N) is 1. The Morgan fingerprint density at radius 2 is 2.12 bits per heavy atom. The largest absolute Gasteiger partial charge is 0.491 e. The van der Waals surface area contributed by atoms with Crippen LogP contribution >= 0.6 is 0 Å². The van der Waals surface area contributed by atoms with Crippen molar-refractivity contribution in [2.24, 2.45) is 11.7 Å². The average Bonchev–Trinajstić information content (AvgIpc) is 3.16. The minimum atomic E-state index is -0.726. The predicted molar refractivity (Wildman–Crippen MR) is 65.6 cm³/mol. The summed E-state index contributed by atoms with van der Waals surface area (Å²) < 4.78 is 5.66. The molecule has 1 aromatic carbocycles. The van der Waals surface area contributed by atoms with Crippen molar-refractivity contribution in [1.82, 2.24) is 5.32 Å².